The molecule has 1 aromatic heterocycles. The summed E-state index contributed by atoms with van der Waals surface area (Å²) in [5.74, 6) is 0.926. The quantitative estimate of drug-likeness (QED) is 0.754. The molecule has 0 aliphatic heterocycles. The second kappa shape index (κ2) is 8.25. The maximum Gasteiger partial charge on any atom is 0.119 e. The highest BCUT2D eigenvalue weighted by Gasteiger charge is 1.97. The summed E-state index contributed by atoms with van der Waals surface area (Å²) in [4.78, 5) is 3.37. The number of rotatable bonds is 4. The van der Waals surface area contributed by atoms with Gasteiger partial charge >= 0.3 is 0 Å². The van der Waals surface area contributed by atoms with E-state index in [0.29, 0.717) is 0 Å². The number of hydrogen-bond donors (Lipinski definition) is 2. The largest absolute Gasteiger partial charge is 0.497 e. The highest BCUT2D eigenvalue weighted by Crippen LogP contribution is 2.14. The summed E-state index contributed by atoms with van der Waals surface area (Å²) in [6, 6.07) is 18.5. The first-order chi connectivity index (χ1) is 10.7. The molecule has 0 atom stereocenters. The van der Waals surface area contributed by atoms with Gasteiger partial charge in [-0.3, -0.25) is 0 Å². The Morgan fingerprint density at radius 2 is 1.86 bits per heavy atom. The molecule has 0 radical (unpaired) electrons. The van der Waals surface area contributed by atoms with Crippen molar-refractivity contribution in [1.29, 1.82) is 0 Å². The zero-order valence-corrected chi connectivity index (χ0v) is 13.5. The molecule has 3 nitrogen and oxygen atoms in total. The van der Waals surface area contributed by atoms with Crippen molar-refractivity contribution >= 4 is 10.9 Å². The van der Waals surface area contributed by atoms with E-state index in [0.717, 1.165) is 18.8 Å². The Bertz CT molecular complexity index is 670. The van der Waals surface area contributed by atoms with E-state index in [4.69, 9.17) is 4.74 Å². The standard InChI is InChI=1S/C11H14N2.C8H10O/c1-2-12-8-10-7-9-5-3-4-6-11(9)13-10;1-7-4-3-5-8(6-7)9-2/h3-7,12-13H,2,8H2,1H3;3-6H,1-2H3. The van der Waals surface area contributed by atoms with Gasteiger partial charge in [-0.05, 0) is 48.7 Å². The minimum atomic E-state index is 0.922. The number of ether oxygens (including phenoxy) is 1. The van der Waals surface area contributed by atoms with Gasteiger partial charge < -0.3 is 15.0 Å². The normalized spacial score (nSPS) is 10.1. The van der Waals surface area contributed by atoms with Gasteiger partial charge in [0.15, 0.2) is 0 Å². The molecule has 1 heterocycles. The Hall–Kier alpha value is -2.26. The first kappa shape index (κ1) is 16.1. The molecule has 0 bridgehead atoms. The van der Waals surface area contributed by atoms with Crippen LogP contribution in [0.25, 0.3) is 10.9 Å². The van der Waals surface area contributed by atoms with Crippen LogP contribution >= 0.6 is 0 Å². The van der Waals surface area contributed by atoms with Gasteiger partial charge in [-0.1, -0.05) is 37.3 Å². The van der Waals surface area contributed by atoms with Crippen LogP contribution in [0.2, 0.25) is 0 Å². The Morgan fingerprint density at radius 3 is 2.50 bits per heavy atom. The van der Waals surface area contributed by atoms with Crippen molar-refractivity contribution in [3.8, 4) is 5.75 Å². The van der Waals surface area contributed by atoms with Gasteiger partial charge in [0.1, 0.15) is 5.75 Å². The molecule has 0 aliphatic rings. The number of para-hydroxylation sites is 1. The number of aromatic nitrogens is 1. The predicted molar refractivity (Wildman–Crippen MR) is 93.4 cm³/mol. The Morgan fingerprint density at radius 1 is 1.05 bits per heavy atom. The van der Waals surface area contributed by atoms with Crippen LogP contribution in [0.4, 0.5) is 0 Å². The van der Waals surface area contributed by atoms with Gasteiger partial charge in [-0.15, -0.1) is 0 Å². The van der Waals surface area contributed by atoms with E-state index in [1.165, 1.54) is 22.2 Å². The van der Waals surface area contributed by atoms with Gasteiger partial charge in [0.05, 0.1) is 7.11 Å². The summed E-state index contributed by atoms with van der Waals surface area (Å²) in [5, 5.41) is 4.58. The van der Waals surface area contributed by atoms with Crippen LogP contribution in [0.15, 0.2) is 54.6 Å². The van der Waals surface area contributed by atoms with Crippen molar-refractivity contribution in [3.05, 3.63) is 65.9 Å². The minimum Gasteiger partial charge on any atom is -0.497 e. The maximum absolute atomic E-state index is 5.00. The Balaban J connectivity index is 0.000000172. The van der Waals surface area contributed by atoms with E-state index >= 15 is 0 Å². The summed E-state index contributed by atoms with van der Waals surface area (Å²) in [5.41, 5.74) is 3.70. The van der Waals surface area contributed by atoms with E-state index < -0.39 is 0 Å². The average Bonchev–Trinajstić information content (AvgIpc) is 2.96. The summed E-state index contributed by atoms with van der Waals surface area (Å²) in [6.45, 7) is 6.09. The number of aryl methyl sites for hydroxylation is 1. The molecule has 0 amide bonds. The third-order valence-corrected chi connectivity index (χ3v) is 3.38. The molecule has 2 N–H and O–H groups in total. The SMILES string of the molecule is CCNCc1cc2ccccc2[nH]1.COc1cccc(C)c1. The Kier molecular flexibility index (Phi) is 6.04. The fourth-order valence-electron chi connectivity index (χ4n) is 2.23. The highest BCUT2D eigenvalue weighted by molar-refractivity contribution is 5.80. The number of methoxy groups -OCH3 is 1. The fraction of sp³-hybridized carbons (Fsp3) is 0.263. The van der Waals surface area contributed by atoms with Crippen LogP contribution in [0.1, 0.15) is 18.2 Å². The molecule has 0 aliphatic carbocycles. The van der Waals surface area contributed by atoms with Gasteiger partial charge in [0.2, 0.25) is 0 Å². The molecule has 116 valence electrons. The number of benzene rings is 2. The van der Waals surface area contributed by atoms with E-state index in [9.17, 15) is 0 Å². The van der Waals surface area contributed by atoms with E-state index in [1.807, 2.05) is 31.2 Å². The second-order valence-corrected chi connectivity index (χ2v) is 5.18. The highest BCUT2D eigenvalue weighted by atomic mass is 16.5. The van der Waals surface area contributed by atoms with Crippen LogP contribution in [0.3, 0.4) is 0 Å². The van der Waals surface area contributed by atoms with E-state index in [1.54, 1.807) is 7.11 Å². The third kappa shape index (κ3) is 4.64. The van der Waals surface area contributed by atoms with Gasteiger partial charge in [-0.25, -0.2) is 0 Å². The van der Waals surface area contributed by atoms with Crippen LogP contribution in [-0.4, -0.2) is 18.6 Å². The van der Waals surface area contributed by atoms with Crippen molar-refractivity contribution in [2.75, 3.05) is 13.7 Å². The molecular formula is C19H24N2O. The number of hydrogen-bond acceptors (Lipinski definition) is 2. The van der Waals surface area contributed by atoms with Crippen molar-refractivity contribution in [3.63, 3.8) is 0 Å². The number of aromatic amines is 1. The molecule has 0 saturated carbocycles. The lowest BCUT2D eigenvalue weighted by Gasteiger charge is -1.97. The van der Waals surface area contributed by atoms with Crippen molar-refractivity contribution < 1.29 is 4.74 Å². The summed E-state index contributed by atoms with van der Waals surface area (Å²) in [6.07, 6.45) is 0. The van der Waals surface area contributed by atoms with Crippen LogP contribution in [0, 0.1) is 6.92 Å². The van der Waals surface area contributed by atoms with E-state index in [-0.39, 0.29) is 0 Å². The monoisotopic (exact) mass is 296 g/mol. The topological polar surface area (TPSA) is 37.0 Å². The maximum atomic E-state index is 5.00. The zero-order valence-electron chi connectivity index (χ0n) is 13.5. The number of fused-ring (bicyclic) bond motifs is 1. The summed E-state index contributed by atoms with van der Waals surface area (Å²) < 4.78 is 5.00. The molecule has 2 aromatic carbocycles. The van der Waals surface area contributed by atoms with Gasteiger partial charge in [-0.2, -0.15) is 0 Å². The van der Waals surface area contributed by atoms with E-state index in [2.05, 4.69) is 47.6 Å². The smallest absolute Gasteiger partial charge is 0.119 e. The number of H-pyrrole nitrogens is 1. The zero-order chi connectivity index (χ0) is 15.8. The molecule has 0 fully saturated rings. The molecule has 0 unspecified atom stereocenters. The number of nitrogens with one attached hydrogen (secondary N) is 2. The van der Waals surface area contributed by atoms with Crippen molar-refractivity contribution in [1.82, 2.24) is 10.3 Å². The lowest BCUT2D eigenvalue weighted by Crippen LogP contribution is -2.11. The van der Waals surface area contributed by atoms with Crippen molar-refractivity contribution in [2.45, 2.75) is 20.4 Å². The fourth-order valence-corrected chi connectivity index (χ4v) is 2.23. The minimum absolute atomic E-state index is 0.922. The van der Waals surface area contributed by atoms with Crippen LogP contribution in [0.5, 0.6) is 5.75 Å². The van der Waals surface area contributed by atoms with Crippen molar-refractivity contribution in [2.24, 2.45) is 0 Å². The average molecular weight is 296 g/mol. The predicted octanol–water partition coefficient (Wildman–Crippen LogP) is 4.28. The first-order valence-corrected chi connectivity index (χ1v) is 7.61. The van der Waals surface area contributed by atoms with Crippen LogP contribution < -0.4 is 10.1 Å². The third-order valence-electron chi connectivity index (χ3n) is 3.38. The summed E-state index contributed by atoms with van der Waals surface area (Å²) >= 11 is 0. The summed E-state index contributed by atoms with van der Waals surface area (Å²) in [7, 11) is 1.68. The van der Waals surface area contributed by atoms with Crippen LogP contribution in [-0.2, 0) is 6.54 Å². The Labute approximate surface area is 132 Å². The lowest BCUT2D eigenvalue weighted by atomic mass is 10.2. The molecule has 3 rings (SSSR count). The molecular weight excluding hydrogens is 272 g/mol. The molecule has 3 heteroatoms. The first-order valence-electron chi connectivity index (χ1n) is 7.61. The molecule has 0 spiro atoms. The lowest BCUT2D eigenvalue weighted by molar-refractivity contribution is 0.414. The second-order valence-electron chi connectivity index (χ2n) is 5.18. The van der Waals surface area contributed by atoms with Gasteiger partial charge in [0, 0.05) is 17.8 Å². The molecule has 0 saturated heterocycles. The van der Waals surface area contributed by atoms with Gasteiger partial charge in [0.25, 0.3) is 0 Å². The molecule has 3 aromatic rings. The molecule has 22 heavy (non-hydrogen) atoms.